The summed E-state index contributed by atoms with van der Waals surface area (Å²) in [5, 5.41) is 2.61. The SMILES string of the molecule is C.N.NC=O.O=C[N-]C=O.[C-]#[O+].[Na+]. The Balaban J connectivity index is -0.0000000138. The van der Waals surface area contributed by atoms with Crippen LogP contribution in [0.25, 0.3) is 5.32 Å². The zero-order valence-electron chi connectivity index (χ0n) is 6.60. The molecule has 0 aliphatic rings. The molecule has 72 valence electrons. The van der Waals surface area contributed by atoms with E-state index in [2.05, 4.69) is 17.7 Å². The number of primary amides is 1. The summed E-state index contributed by atoms with van der Waals surface area (Å²) in [7, 11) is 0. The molecule has 0 aliphatic carbocycles. The van der Waals surface area contributed by atoms with E-state index in [4.69, 9.17) is 19.0 Å². The van der Waals surface area contributed by atoms with E-state index in [-0.39, 0.29) is 62.4 Å². The monoisotopic (exact) mass is 201 g/mol. The van der Waals surface area contributed by atoms with Crippen molar-refractivity contribution in [1.29, 1.82) is 0 Å². The maximum absolute atomic E-state index is 9.01. The van der Waals surface area contributed by atoms with Crippen LogP contribution in [0.2, 0.25) is 0 Å². The molecule has 0 rings (SSSR count). The van der Waals surface area contributed by atoms with Gasteiger partial charge in [-0.25, -0.2) is 0 Å². The Kier molecular flexibility index (Phi) is 334. The minimum Gasteiger partial charge on any atom is 1.00 e. The fourth-order valence-electron chi connectivity index (χ4n) is 0.0248. The van der Waals surface area contributed by atoms with E-state index >= 15 is 0 Å². The van der Waals surface area contributed by atoms with Gasteiger partial charge in [0.2, 0.25) is 6.41 Å². The fourth-order valence-corrected chi connectivity index (χ4v) is 0.0248. The first kappa shape index (κ1) is 39.5. The molecule has 0 aromatic carbocycles. The van der Waals surface area contributed by atoms with Crippen LogP contribution in [0.4, 0.5) is 0 Å². The molecule has 0 fully saturated rings. The minimum absolute atomic E-state index is 0. The second-order valence-electron chi connectivity index (χ2n) is 0.496. The molecule has 8 heteroatoms. The first-order valence-corrected chi connectivity index (χ1v) is 1.76. The van der Waals surface area contributed by atoms with Crippen LogP contribution < -0.4 is 41.4 Å². The number of imide groups is 1. The summed E-state index contributed by atoms with van der Waals surface area (Å²) in [6.07, 6.45) is 0.625. The largest absolute Gasteiger partial charge is 1.00 e. The molecule has 0 aromatic rings. The van der Waals surface area contributed by atoms with Gasteiger partial charge in [0.25, 0.3) is 0 Å². The third kappa shape index (κ3) is 571. The van der Waals surface area contributed by atoms with Crippen molar-refractivity contribution in [2.24, 2.45) is 5.73 Å². The van der Waals surface area contributed by atoms with Gasteiger partial charge in [0.05, 0.1) is 0 Å². The molecule has 7 nitrogen and oxygen atoms in total. The molecular formula is C5H12N3NaO4. The molecule has 0 unspecified atom stereocenters. The molecule has 0 heterocycles. The summed E-state index contributed by atoms with van der Waals surface area (Å²) >= 11 is 0. The van der Waals surface area contributed by atoms with Crippen molar-refractivity contribution in [2.45, 2.75) is 7.43 Å². The van der Waals surface area contributed by atoms with E-state index in [0.717, 1.165) is 0 Å². The first-order chi connectivity index (χ1) is 4.83. The molecule has 0 saturated heterocycles. The summed E-state index contributed by atoms with van der Waals surface area (Å²) in [6, 6.07) is 0. The van der Waals surface area contributed by atoms with E-state index in [9.17, 15) is 0 Å². The Morgan fingerprint density at radius 3 is 1.31 bits per heavy atom. The maximum atomic E-state index is 9.01. The van der Waals surface area contributed by atoms with Crippen LogP contribution in [0.1, 0.15) is 7.43 Å². The number of amides is 3. The number of carbonyl (C=O) groups excluding carboxylic acids is 3. The van der Waals surface area contributed by atoms with Crippen LogP contribution in [0.3, 0.4) is 0 Å². The average molecular weight is 201 g/mol. The Bertz CT molecular complexity index is 103. The van der Waals surface area contributed by atoms with Crippen molar-refractivity contribution in [2.75, 3.05) is 0 Å². The van der Waals surface area contributed by atoms with Crippen molar-refractivity contribution in [3.8, 4) is 0 Å². The zero-order valence-corrected chi connectivity index (χ0v) is 8.60. The molecule has 0 atom stereocenters. The van der Waals surface area contributed by atoms with Crippen LogP contribution in [-0.2, 0) is 19.0 Å². The maximum Gasteiger partial charge on any atom is 1.00 e. The van der Waals surface area contributed by atoms with E-state index in [1.807, 2.05) is 0 Å². The van der Waals surface area contributed by atoms with Gasteiger partial charge in [-0.1, -0.05) is 7.43 Å². The van der Waals surface area contributed by atoms with Crippen LogP contribution in [0.15, 0.2) is 0 Å². The normalized spacial score (nSPS) is 3.23. The third-order valence-electron chi connectivity index (χ3n) is 0.122. The molecule has 5 N–H and O–H groups in total. The summed E-state index contributed by atoms with van der Waals surface area (Å²) in [5.41, 5.74) is 4.17. The Labute approximate surface area is 99.0 Å². The number of hydrogen-bond acceptors (Lipinski definition) is 4. The first-order valence-electron chi connectivity index (χ1n) is 1.76. The van der Waals surface area contributed by atoms with Crippen LogP contribution in [0, 0.1) is 6.65 Å². The fraction of sp³-hybridized carbons (Fsp3) is 0.200. The van der Waals surface area contributed by atoms with Gasteiger partial charge in [-0.2, -0.15) is 0 Å². The van der Waals surface area contributed by atoms with E-state index in [1.54, 1.807) is 0 Å². The minimum atomic E-state index is 0. The van der Waals surface area contributed by atoms with Crippen LogP contribution in [0.5, 0.6) is 0 Å². The number of nitrogens with two attached hydrogens (primary N) is 1. The third-order valence-corrected chi connectivity index (χ3v) is 0.122. The van der Waals surface area contributed by atoms with Crippen molar-refractivity contribution < 1.29 is 48.6 Å². The van der Waals surface area contributed by atoms with Crippen molar-refractivity contribution >= 4 is 19.2 Å². The molecule has 3 amide bonds. The number of nitrogens with zero attached hydrogens (tertiary/aromatic N) is 1. The standard InChI is InChI=1S/C2H3NO2.CH3NO.CO.CH4.H3N.Na/c4-1-3-2-5;2-1-3;1-2;;;/h1-2H,(H,3,4,5);1H,(H2,2,3);;1H4;1H3;/q;;;;;+1/p-1. The molecule has 0 saturated carbocycles. The van der Waals surface area contributed by atoms with Gasteiger partial charge in [-0.05, 0) is 0 Å². The smallest absolute Gasteiger partial charge is 1.00 e. The quantitative estimate of drug-likeness (QED) is 0.207. The Morgan fingerprint density at radius 2 is 1.31 bits per heavy atom. The zero-order chi connectivity index (χ0) is 8.83. The van der Waals surface area contributed by atoms with Gasteiger partial charge >= 0.3 is 40.9 Å². The number of rotatable bonds is 2. The Hall–Kier alpha value is -0.690. The van der Waals surface area contributed by atoms with Gasteiger partial charge in [0.1, 0.15) is 0 Å². The molecule has 0 bridgehead atoms. The predicted octanol–water partition coefficient (Wildman–Crippen LogP) is -3.46. The van der Waals surface area contributed by atoms with Gasteiger partial charge in [0.15, 0.2) is 0 Å². The molecular weight excluding hydrogens is 189 g/mol. The predicted molar refractivity (Wildman–Crippen MR) is 41.4 cm³/mol. The summed E-state index contributed by atoms with van der Waals surface area (Å²) in [6.45, 7) is 4.50. The van der Waals surface area contributed by atoms with E-state index in [0.29, 0.717) is 0 Å². The van der Waals surface area contributed by atoms with Crippen LogP contribution >= 0.6 is 0 Å². The molecule has 13 heavy (non-hydrogen) atoms. The van der Waals surface area contributed by atoms with Crippen molar-refractivity contribution in [3.05, 3.63) is 12.0 Å². The van der Waals surface area contributed by atoms with E-state index in [1.165, 1.54) is 0 Å². The average Bonchev–Trinajstić information content (AvgIpc) is 1.96. The number of carbonyl (C=O) groups is 3. The van der Waals surface area contributed by atoms with Gasteiger partial charge in [0, 0.05) is 12.8 Å². The van der Waals surface area contributed by atoms with Gasteiger partial charge in [-0.3, -0.25) is 4.79 Å². The second-order valence-corrected chi connectivity index (χ2v) is 0.496. The van der Waals surface area contributed by atoms with Crippen molar-refractivity contribution in [1.82, 2.24) is 6.15 Å². The van der Waals surface area contributed by atoms with Gasteiger partial charge in [-0.15, -0.1) is 0 Å². The molecule has 0 radical (unpaired) electrons. The Morgan fingerprint density at radius 1 is 1.15 bits per heavy atom. The van der Waals surface area contributed by atoms with E-state index < -0.39 is 0 Å². The molecule has 0 aromatic heterocycles. The summed E-state index contributed by atoms with van der Waals surface area (Å²) in [5.74, 6) is 0. The van der Waals surface area contributed by atoms with Gasteiger partial charge < -0.3 is 26.8 Å². The number of hydrogen-bond donors (Lipinski definition) is 2. The summed E-state index contributed by atoms with van der Waals surface area (Å²) < 4.78 is 7.50. The molecule has 0 aliphatic heterocycles. The summed E-state index contributed by atoms with van der Waals surface area (Å²) in [4.78, 5) is 26.6. The van der Waals surface area contributed by atoms with Crippen LogP contribution in [-0.4, -0.2) is 19.2 Å². The molecule has 0 spiro atoms. The topological polar surface area (TPSA) is 146 Å². The van der Waals surface area contributed by atoms with Crippen molar-refractivity contribution in [3.63, 3.8) is 0 Å². The second kappa shape index (κ2) is 110.